The zero-order chi connectivity index (χ0) is 17.1. The topological polar surface area (TPSA) is 89.5 Å². The summed E-state index contributed by atoms with van der Waals surface area (Å²) in [6.07, 6.45) is 0.821. The van der Waals surface area contributed by atoms with Crippen LogP contribution in [0, 0.1) is 0 Å². The normalized spacial score (nSPS) is 16.9. The van der Waals surface area contributed by atoms with E-state index in [0.717, 1.165) is 12.1 Å². The smallest absolute Gasteiger partial charge is 0.339 e. The fourth-order valence-corrected chi connectivity index (χ4v) is 1.95. The molecule has 1 rings (SSSR count). The van der Waals surface area contributed by atoms with Crippen LogP contribution < -0.4 is 5.48 Å². The summed E-state index contributed by atoms with van der Waals surface area (Å²) in [5, 5.41) is 9.38. The molecule has 2 N–H and O–H groups in total. The van der Waals surface area contributed by atoms with Crippen molar-refractivity contribution < 1.29 is 28.9 Å². The number of aliphatic carboxylic acids is 1. The van der Waals surface area contributed by atoms with Gasteiger partial charge in [-0.05, 0) is 13.3 Å². The van der Waals surface area contributed by atoms with Crippen molar-refractivity contribution in [1.29, 1.82) is 0 Å². The van der Waals surface area contributed by atoms with Gasteiger partial charge in [0.05, 0.1) is 26.4 Å². The molecule has 0 atom stereocenters. The molecule has 0 radical (unpaired) electrons. The third-order valence-corrected chi connectivity index (χ3v) is 3.09. The van der Waals surface area contributed by atoms with Crippen molar-refractivity contribution in [1.82, 2.24) is 10.4 Å². The van der Waals surface area contributed by atoms with Gasteiger partial charge in [0.1, 0.15) is 12.2 Å². The quantitative estimate of drug-likeness (QED) is 0.325. The third-order valence-electron chi connectivity index (χ3n) is 3.09. The molecule has 0 aromatic carbocycles. The Morgan fingerprint density at radius 3 is 2.87 bits per heavy atom. The lowest BCUT2D eigenvalue weighted by molar-refractivity contribution is -0.134. The summed E-state index contributed by atoms with van der Waals surface area (Å²) in [5.41, 5.74) is 3.46. The van der Waals surface area contributed by atoms with E-state index in [1.807, 2.05) is 6.92 Å². The van der Waals surface area contributed by atoms with Gasteiger partial charge in [0.2, 0.25) is 5.88 Å². The van der Waals surface area contributed by atoms with Crippen LogP contribution in [0.1, 0.15) is 13.3 Å². The Hall–Kier alpha value is -1.61. The van der Waals surface area contributed by atoms with Crippen molar-refractivity contribution in [3.63, 3.8) is 0 Å². The maximum atomic E-state index is 11.5. The maximum Gasteiger partial charge on any atom is 0.339 e. The Bertz CT molecular complexity index is 424. The molecule has 0 amide bonds. The van der Waals surface area contributed by atoms with E-state index in [1.54, 1.807) is 12.0 Å². The zero-order valence-corrected chi connectivity index (χ0v) is 13.8. The summed E-state index contributed by atoms with van der Waals surface area (Å²) in [6.45, 7) is 8.63. The summed E-state index contributed by atoms with van der Waals surface area (Å²) < 4.78 is 15.6. The predicted octanol–water partition coefficient (Wildman–Crippen LogP) is 0.723. The van der Waals surface area contributed by atoms with Crippen LogP contribution in [0.3, 0.4) is 0 Å². The van der Waals surface area contributed by atoms with Crippen molar-refractivity contribution in [2.24, 2.45) is 0 Å². The number of carboxylic acids is 1. The second-order valence-corrected chi connectivity index (χ2v) is 4.97. The Morgan fingerprint density at radius 2 is 2.22 bits per heavy atom. The summed E-state index contributed by atoms with van der Waals surface area (Å²) >= 11 is 0. The zero-order valence-electron chi connectivity index (χ0n) is 13.8. The van der Waals surface area contributed by atoms with Crippen LogP contribution in [-0.4, -0.2) is 69.2 Å². The first-order chi connectivity index (χ1) is 11.1. The van der Waals surface area contributed by atoms with Gasteiger partial charge in [0.25, 0.3) is 0 Å². The first kappa shape index (κ1) is 19.4. The molecule has 1 aliphatic heterocycles. The van der Waals surface area contributed by atoms with Crippen LogP contribution in [0.25, 0.3) is 0 Å². The van der Waals surface area contributed by atoms with E-state index in [4.69, 9.17) is 19.0 Å². The van der Waals surface area contributed by atoms with Crippen LogP contribution in [0.5, 0.6) is 0 Å². The van der Waals surface area contributed by atoms with E-state index in [9.17, 15) is 9.90 Å². The first-order valence-electron chi connectivity index (χ1n) is 7.51. The first-order valence-corrected chi connectivity index (χ1v) is 7.51. The highest BCUT2D eigenvalue weighted by molar-refractivity contribution is 5.87. The number of hydrogen-bond acceptors (Lipinski definition) is 7. The minimum absolute atomic E-state index is 0.0560. The SMILES string of the molecule is C=C(C)N1CCCO/C1=C(/CONCCOCCOC)C(=O)O. The van der Waals surface area contributed by atoms with E-state index in [1.165, 1.54) is 0 Å². The van der Waals surface area contributed by atoms with Crippen LogP contribution >= 0.6 is 0 Å². The Morgan fingerprint density at radius 1 is 1.43 bits per heavy atom. The molecule has 8 heteroatoms. The maximum absolute atomic E-state index is 11.5. The number of hydroxylamine groups is 1. The monoisotopic (exact) mass is 330 g/mol. The van der Waals surface area contributed by atoms with Gasteiger partial charge in [-0.2, -0.15) is 5.48 Å². The molecule has 0 aromatic heterocycles. The Balaban J connectivity index is 2.46. The van der Waals surface area contributed by atoms with E-state index in [0.29, 0.717) is 45.4 Å². The largest absolute Gasteiger partial charge is 0.478 e. The van der Waals surface area contributed by atoms with Crippen LogP contribution in [-0.2, 0) is 23.8 Å². The van der Waals surface area contributed by atoms with E-state index < -0.39 is 5.97 Å². The highest BCUT2D eigenvalue weighted by atomic mass is 16.6. The van der Waals surface area contributed by atoms with Crippen molar-refractivity contribution in [2.45, 2.75) is 13.3 Å². The van der Waals surface area contributed by atoms with Gasteiger partial charge in [0, 0.05) is 25.9 Å². The molecule has 1 fully saturated rings. The predicted molar refractivity (Wildman–Crippen MR) is 83.4 cm³/mol. The van der Waals surface area contributed by atoms with Crippen molar-refractivity contribution >= 4 is 5.97 Å². The molecule has 0 spiro atoms. The molecule has 0 bridgehead atoms. The number of allylic oxidation sites excluding steroid dienone is 1. The third kappa shape index (κ3) is 7.00. The van der Waals surface area contributed by atoms with E-state index in [2.05, 4.69) is 12.1 Å². The molecule has 0 saturated carbocycles. The number of carbonyl (C=O) groups is 1. The van der Waals surface area contributed by atoms with Crippen LogP contribution in [0.15, 0.2) is 23.7 Å². The summed E-state index contributed by atoms with van der Waals surface area (Å²) in [7, 11) is 1.60. The number of hydrogen-bond donors (Lipinski definition) is 2. The molecule has 1 heterocycles. The van der Waals surface area contributed by atoms with Crippen LogP contribution in [0.4, 0.5) is 0 Å². The second kappa shape index (κ2) is 11.0. The molecule has 0 aliphatic carbocycles. The lowest BCUT2D eigenvalue weighted by Gasteiger charge is -2.32. The fraction of sp³-hybridized carbons (Fsp3) is 0.667. The van der Waals surface area contributed by atoms with Crippen molar-refractivity contribution in [3.8, 4) is 0 Å². The van der Waals surface area contributed by atoms with Crippen molar-refractivity contribution in [3.05, 3.63) is 23.7 Å². The van der Waals surface area contributed by atoms with Crippen LogP contribution in [0.2, 0.25) is 0 Å². The molecule has 1 aliphatic rings. The van der Waals surface area contributed by atoms with Gasteiger partial charge in [-0.15, -0.1) is 0 Å². The molecule has 23 heavy (non-hydrogen) atoms. The Labute approximate surface area is 136 Å². The number of ether oxygens (including phenoxy) is 3. The minimum atomic E-state index is -1.08. The number of rotatable bonds is 11. The average molecular weight is 330 g/mol. The van der Waals surface area contributed by atoms with Gasteiger partial charge in [-0.1, -0.05) is 6.58 Å². The number of nitrogens with one attached hydrogen (secondary N) is 1. The second-order valence-electron chi connectivity index (χ2n) is 4.97. The van der Waals surface area contributed by atoms with Gasteiger partial charge < -0.3 is 24.2 Å². The molecule has 8 nitrogen and oxygen atoms in total. The lowest BCUT2D eigenvalue weighted by atomic mass is 10.2. The lowest BCUT2D eigenvalue weighted by Crippen LogP contribution is -2.33. The highest BCUT2D eigenvalue weighted by Crippen LogP contribution is 2.22. The molecular weight excluding hydrogens is 304 g/mol. The highest BCUT2D eigenvalue weighted by Gasteiger charge is 2.25. The fourth-order valence-electron chi connectivity index (χ4n) is 1.95. The van der Waals surface area contributed by atoms with E-state index in [-0.39, 0.29) is 12.2 Å². The molecule has 1 saturated heterocycles. The van der Waals surface area contributed by atoms with E-state index >= 15 is 0 Å². The molecule has 132 valence electrons. The molecule has 0 unspecified atom stereocenters. The number of carboxylic acid groups (broad SMARTS) is 1. The Kier molecular flexibility index (Phi) is 9.30. The summed E-state index contributed by atoms with van der Waals surface area (Å²) in [5.74, 6) is -0.777. The minimum Gasteiger partial charge on any atom is -0.478 e. The summed E-state index contributed by atoms with van der Waals surface area (Å²) in [4.78, 5) is 18.4. The van der Waals surface area contributed by atoms with Gasteiger partial charge in [-0.25, -0.2) is 4.79 Å². The summed E-state index contributed by atoms with van der Waals surface area (Å²) in [6, 6.07) is 0. The van der Waals surface area contributed by atoms with Gasteiger partial charge in [0.15, 0.2) is 0 Å². The van der Waals surface area contributed by atoms with Crippen molar-refractivity contribution in [2.75, 3.05) is 53.2 Å². The average Bonchev–Trinajstić information content (AvgIpc) is 2.53. The number of nitrogens with zero attached hydrogens (tertiary/aromatic N) is 1. The van der Waals surface area contributed by atoms with Gasteiger partial charge in [-0.3, -0.25) is 4.84 Å². The molecule has 0 aromatic rings. The standard InChI is InChI=1S/C15H26N2O6/c1-12(2)17-6-4-7-22-14(17)13(15(18)19)11-23-16-5-8-21-10-9-20-3/h16H,1,4-11H2,2-3H3,(H,18,19)/b14-13-. The number of methoxy groups -OCH3 is 1. The van der Waals surface area contributed by atoms with Gasteiger partial charge >= 0.3 is 5.97 Å². The molecular formula is C15H26N2O6.